The van der Waals surface area contributed by atoms with Crippen LogP contribution in [-0.4, -0.2) is 23.4 Å². The zero-order valence-electron chi connectivity index (χ0n) is 13.4. The summed E-state index contributed by atoms with van der Waals surface area (Å²) in [6.07, 6.45) is 6.06. The van der Waals surface area contributed by atoms with E-state index >= 15 is 0 Å². The average Bonchev–Trinajstić information content (AvgIpc) is 2.89. The maximum Gasteiger partial charge on any atom is 0.122 e. The summed E-state index contributed by atoms with van der Waals surface area (Å²) in [5, 5.41) is 7.88. The van der Waals surface area contributed by atoms with Gasteiger partial charge in [-0.05, 0) is 49.1 Å². The van der Waals surface area contributed by atoms with Crippen LogP contribution in [0.1, 0.15) is 36.1 Å². The third-order valence-corrected chi connectivity index (χ3v) is 3.67. The van der Waals surface area contributed by atoms with E-state index < -0.39 is 0 Å². The molecule has 21 heavy (non-hydrogen) atoms. The van der Waals surface area contributed by atoms with Crippen LogP contribution in [0, 0.1) is 6.92 Å². The highest BCUT2D eigenvalue weighted by molar-refractivity contribution is 5.38. The van der Waals surface area contributed by atoms with E-state index in [2.05, 4.69) is 48.7 Å². The summed E-state index contributed by atoms with van der Waals surface area (Å²) in [5.41, 5.74) is 3.66. The normalized spacial score (nSPS) is 12.4. The first kappa shape index (κ1) is 15.6. The lowest BCUT2D eigenvalue weighted by atomic mass is 9.99. The highest BCUT2D eigenvalue weighted by atomic mass is 16.5. The predicted octanol–water partition coefficient (Wildman–Crippen LogP) is 3.02. The van der Waals surface area contributed by atoms with E-state index in [1.807, 2.05) is 17.9 Å². The number of benzene rings is 1. The van der Waals surface area contributed by atoms with Crippen LogP contribution in [0.2, 0.25) is 0 Å². The van der Waals surface area contributed by atoms with E-state index in [4.69, 9.17) is 4.74 Å². The molecule has 1 heterocycles. The summed E-state index contributed by atoms with van der Waals surface area (Å²) in [6.45, 7) is 5.25. The third kappa shape index (κ3) is 4.08. The molecule has 4 heteroatoms. The largest absolute Gasteiger partial charge is 0.496 e. The SMILES string of the molecule is CCCNC(Cc1cnn(C)c1)c1ccc(C)c(OC)c1. The maximum atomic E-state index is 5.45. The minimum absolute atomic E-state index is 0.281. The van der Waals surface area contributed by atoms with E-state index in [9.17, 15) is 0 Å². The molecule has 114 valence electrons. The van der Waals surface area contributed by atoms with Gasteiger partial charge in [0.2, 0.25) is 0 Å². The van der Waals surface area contributed by atoms with Crippen LogP contribution >= 0.6 is 0 Å². The molecule has 0 radical (unpaired) electrons. The average molecular weight is 287 g/mol. The summed E-state index contributed by atoms with van der Waals surface area (Å²) in [7, 11) is 3.68. The molecule has 2 rings (SSSR count). The lowest BCUT2D eigenvalue weighted by Gasteiger charge is -2.19. The first-order valence-corrected chi connectivity index (χ1v) is 7.49. The van der Waals surface area contributed by atoms with Crippen LogP contribution in [0.5, 0.6) is 5.75 Å². The van der Waals surface area contributed by atoms with E-state index in [1.165, 1.54) is 11.1 Å². The minimum atomic E-state index is 0.281. The Morgan fingerprint density at radius 3 is 2.81 bits per heavy atom. The number of hydrogen-bond acceptors (Lipinski definition) is 3. The van der Waals surface area contributed by atoms with Crippen molar-refractivity contribution < 1.29 is 4.74 Å². The second-order valence-corrected chi connectivity index (χ2v) is 5.46. The molecule has 0 saturated carbocycles. The molecule has 0 amide bonds. The Kier molecular flexibility index (Phi) is 5.39. The Hall–Kier alpha value is -1.81. The molecule has 1 N–H and O–H groups in total. The third-order valence-electron chi connectivity index (χ3n) is 3.67. The Bertz CT molecular complexity index is 577. The maximum absolute atomic E-state index is 5.45. The van der Waals surface area contributed by atoms with Gasteiger partial charge in [0, 0.05) is 19.3 Å². The molecule has 0 spiro atoms. The van der Waals surface area contributed by atoms with Gasteiger partial charge in [-0.2, -0.15) is 5.10 Å². The van der Waals surface area contributed by atoms with E-state index in [1.54, 1.807) is 7.11 Å². The van der Waals surface area contributed by atoms with Gasteiger partial charge in [0.25, 0.3) is 0 Å². The predicted molar refractivity (Wildman–Crippen MR) is 85.7 cm³/mol. The number of aryl methyl sites for hydroxylation is 2. The first-order valence-electron chi connectivity index (χ1n) is 7.49. The quantitative estimate of drug-likeness (QED) is 0.851. The van der Waals surface area contributed by atoms with Crippen molar-refractivity contribution in [1.29, 1.82) is 0 Å². The summed E-state index contributed by atoms with van der Waals surface area (Å²) in [5.74, 6) is 0.946. The standard InChI is InChI=1S/C17H25N3O/c1-5-8-18-16(9-14-11-19-20(3)12-14)15-7-6-13(2)17(10-15)21-4/h6-7,10-12,16,18H,5,8-9H2,1-4H3. The second kappa shape index (κ2) is 7.27. The van der Waals surface area contributed by atoms with Gasteiger partial charge in [0.05, 0.1) is 13.3 Å². The molecule has 1 atom stereocenters. The number of rotatable bonds is 7. The highest BCUT2D eigenvalue weighted by Crippen LogP contribution is 2.25. The van der Waals surface area contributed by atoms with Crippen molar-refractivity contribution in [1.82, 2.24) is 15.1 Å². The molecule has 0 aliphatic heterocycles. The Morgan fingerprint density at radius 2 is 2.19 bits per heavy atom. The molecule has 1 aromatic carbocycles. The summed E-state index contributed by atoms with van der Waals surface area (Å²) >= 11 is 0. The van der Waals surface area contributed by atoms with Crippen molar-refractivity contribution in [3.8, 4) is 5.75 Å². The second-order valence-electron chi connectivity index (χ2n) is 5.46. The number of methoxy groups -OCH3 is 1. The monoisotopic (exact) mass is 287 g/mol. The molecule has 0 fully saturated rings. The number of ether oxygens (including phenoxy) is 1. The molecule has 0 aliphatic carbocycles. The molecule has 0 saturated heterocycles. The first-order chi connectivity index (χ1) is 10.1. The topological polar surface area (TPSA) is 39.1 Å². The number of hydrogen-bond donors (Lipinski definition) is 1. The van der Waals surface area contributed by atoms with Gasteiger partial charge in [-0.25, -0.2) is 0 Å². The van der Waals surface area contributed by atoms with Gasteiger partial charge < -0.3 is 10.1 Å². The number of nitrogens with zero attached hydrogens (tertiary/aromatic N) is 2. The number of aromatic nitrogens is 2. The van der Waals surface area contributed by atoms with Crippen LogP contribution in [0.3, 0.4) is 0 Å². The fourth-order valence-electron chi connectivity index (χ4n) is 2.49. The van der Waals surface area contributed by atoms with Gasteiger partial charge in [0.1, 0.15) is 5.75 Å². The Morgan fingerprint density at radius 1 is 1.38 bits per heavy atom. The van der Waals surface area contributed by atoms with Crippen molar-refractivity contribution >= 4 is 0 Å². The van der Waals surface area contributed by atoms with E-state index in [0.717, 1.165) is 30.7 Å². The van der Waals surface area contributed by atoms with Crippen molar-refractivity contribution in [2.24, 2.45) is 7.05 Å². The zero-order valence-corrected chi connectivity index (χ0v) is 13.4. The summed E-state index contributed by atoms with van der Waals surface area (Å²) in [6, 6.07) is 6.72. The van der Waals surface area contributed by atoms with Crippen molar-refractivity contribution in [2.75, 3.05) is 13.7 Å². The van der Waals surface area contributed by atoms with Crippen LogP contribution in [0.4, 0.5) is 0 Å². The highest BCUT2D eigenvalue weighted by Gasteiger charge is 2.14. The smallest absolute Gasteiger partial charge is 0.122 e. The summed E-state index contributed by atoms with van der Waals surface area (Å²) in [4.78, 5) is 0. The Balaban J connectivity index is 2.22. The van der Waals surface area contributed by atoms with Crippen LogP contribution < -0.4 is 10.1 Å². The van der Waals surface area contributed by atoms with Crippen LogP contribution in [-0.2, 0) is 13.5 Å². The van der Waals surface area contributed by atoms with Crippen molar-refractivity contribution in [3.63, 3.8) is 0 Å². The molecule has 0 aliphatic rings. The molecule has 0 bridgehead atoms. The summed E-state index contributed by atoms with van der Waals surface area (Å²) < 4.78 is 7.30. The molecule has 1 aromatic heterocycles. The lowest BCUT2D eigenvalue weighted by Crippen LogP contribution is -2.24. The van der Waals surface area contributed by atoms with Crippen LogP contribution in [0.25, 0.3) is 0 Å². The fourth-order valence-corrected chi connectivity index (χ4v) is 2.49. The van der Waals surface area contributed by atoms with Gasteiger partial charge in [0.15, 0.2) is 0 Å². The van der Waals surface area contributed by atoms with Gasteiger partial charge in [-0.3, -0.25) is 4.68 Å². The zero-order chi connectivity index (χ0) is 15.2. The van der Waals surface area contributed by atoms with Gasteiger partial charge >= 0.3 is 0 Å². The fraction of sp³-hybridized carbons (Fsp3) is 0.471. The molecule has 1 unspecified atom stereocenters. The molecule has 2 aromatic rings. The van der Waals surface area contributed by atoms with Crippen molar-refractivity contribution in [3.05, 3.63) is 47.3 Å². The Labute approximate surface area is 127 Å². The van der Waals surface area contributed by atoms with E-state index in [0.29, 0.717) is 0 Å². The van der Waals surface area contributed by atoms with E-state index in [-0.39, 0.29) is 6.04 Å². The van der Waals surface area contributed by atoms with Gasteiger partial charge in [-0.15, -0.1) is 0 Å². The molecular weight excluding hydrogens is 262 g/mol. The van der Waals surface area contributed by atoms with Gasteiger partial charge in [-0.1, -0.05) is 19.1 Å². The molecular formula is C17H25N3O. The lowest BCUT2D eigenvalue weighted by molar-refractivity contribution is 0.409. The van der Waals surface area contributed by atoms with Crippen LogP contribution in [0.15, 0.2) is 30.6 Å². The minimum Gasteiger partial charge on any atom is -0.496 e. The molecule has 4 nitrogen and oxygen atoms in total. The number of nitrogens with one attached hydrogen (secondary N) is 1. The van der Waals surface area contributed by atoms with Crippen molar-refractivity contribution in [2.45, 2.75) is 32.7 Å².